The molecule has 0 bridgehead atoms. The zero-order valence-corrected chi connectivity index (χ0v) is 14.8. The molecule has 25 heavy (non-hydrogen) atoms. The minimum absolute atomic E-state index is 0.0343. The van der Waals surface area contributed by atoms with E-state index in [9.17, 15) is 14.4 Å². The number of hydrogen-bond acceptors (Lipinski definition) is 3. The van der Waals surface area contributed by atoms with E-state index in [0.717, 1.165) is 12.8 Å². The Labute approximate surface area is 148 Å². The van der Waals surface area contributed by atoms with Crippen molar-refractivity contribution >= 4 is 23.4 Å². The molecule has 1 fully saturated rings. The number of anilines is 1. The molecule has 1 aromatic carbocycles. The summed E-state index contributed by atoms with van der Waals surface area (Å²) in [6.45, 7) is 2.47. The highest BCUT2D eigenvalue weighted by Gasteiger charge is 2.17. The number of carbonyl (C=O) groups excluding carboxylic acids is 3. The van der Waals surface area contributed by atoms with Gasteiger partial charge in [-0.05, 0) is 50.5 Å². The summed E-state index contributed by atoms with van der Waals surface area (Å²) in [5.74, 6) is -0.230. The molecule has 0 atom stereocenters. The number of rotatable bonds is 8. The summed E-state index contributed by atoms with van der Waals surface area (Å²) in [4.78, 5) is 35.4. The average molecular weight is 345 g/mol. The molecule has 1 aromatic rings. The molecule has 0 spiro atoms. The van der Waals surface area contributed by atoms with Gasteiger partial charge in [0.25, 0.3) is 5.91 Å². The Morgan fingerprint density at radius 1 is 1.00 bits per heavy atom. The lowest BCUT2D eigenvalue weighted by Crippen LogP contribution is -2.32. The van der Waals surface area contributed by atoms with E-state index in [2.05, 4.69) is 16.0 Å². The fourth-order valence-electron chi connectivity index (χ4n) is 2.96. The van der Waals surface area contributed by atoms with Crippen molar-refractivity contribution in [2.45, 2.75) is 57.9 Å². The zero-order valence-electron chi connectivity index (χ0n) is 14.8. The van der Waals surface area contributed by atoms with Gasteiger partial charge in [-0.1, -0.05) is 12.8 Å². The van der Waals surface area contributed by atoms with Crippen LogP contribution in [0.25, 0.3) is 0 Å². The van der Waals surface area contributed by atoms with Crippen molar-refractivity contribution in [1.82, 2.24) is 10.6 Å². The molecule has 0 unspecified atom stereocenters. The maximum atomic E-state index is 12.2. The molecule has 1 aliphatic rings. The predicted molar refractivity (Wildman–Crippen MR) is 97.3 cm³/mol. The molecule has 0 saturated heterocycles. The first-order chi connectivity index (χ1) is 12.1. The second-order valence-electron chi connectivity index (χ2n) is 6.39. The Hall–Kier alpha value is -2.37. The summed E-state index contributed by atoms with van der Waals surface area (Å²) in [6, 6.07) is 7.18. The number of carbonyl (C=O) groups is 3. The first-order valence-corrected chi connectivity index (χ1v) is 9.06. The van der Waals surface area contributed by atoms with Crippen LogP contribution in [0.3, 0.4) is 0 Å². The molecule has 3 amide bonds. The van der Waals surface area contributed by atoms with Crippen LogP contribution >= 0.6 is 0 Å². The normalized spacial score (nSPS) is 14.1. The van der Waals surface area contributed by atoms with Crippen molar-refractivity contribution in [2.75, 3.05) is 11.9 Å². The summed E-state index contributed by atoms with van der Waals surface area (Å²) in [5, 5.41) is 8.53. The number of hydrogen-bond donors (Lipinski definition) is 3. The van der Waals surface area contributed by atoms with Crippen molar-refractivity contribution < 1.29 is 14.4 Å². The van der Waals surface area contributed by atoms with Gasteiger partial charge in [0.1, 0.15) is 0 Å². The van der Waals surface area contributed by atoms with Crippen molar-refractivity contribution in [1.29, 1.82) is 0 Å². The van der Waals surface area contributed by atoms with E-state index in [1.54, 1.807) is 24.3 Å². The van der Waals surface area contributed by atoms with E-state index in [1.807, 2.05) is 6.92 Å². The molecule has 1 aliphatic carbocycles. The molecule has 3 N–H and O–H groups in total. The molecule has 2 rings (SSSR count). The van der Waals surface area contributed by atoms with Gasteiger partial charge in [-0.2, -0.15) is 0 Å². The molecule has 0 aliphatic heterocycles. The summed E-state index contributed by atoms with van der Waals surface area (Å²) in [7, 11) is 0. The maximum absolute atomic E-state index is 12.2. The second-order valence-corrected chi connectivity index (χ2v) is 6.39. The molecule has 6 nitrogen and oxygen atoms in total. The van der Waals surface area contributed by atoms with E-state index in [0.29, 0.717) is 37.1 Å². The Morgan fingerprint density at radius 3 is 2.28 bits per heavy atom. The van der Waals surface area contributed by atoms with Gasteiger partial charge in [0.15, 0.2) is 0 Å². The fraction of sp³-hybridized carbons (Fsp3) is 0.526. The lowest BCUT2D eigenvalue weighted by Gasteiger charge is -2.12. The molecule has 6 heteroatoms. The third-order valence-corrected chi connectivity index (χ3v) is 4.30. The van der Waals surface area contributed by atoms with Crippen LogP contribution < -0.4 is 16.0 Å². The summed E-state index contributed by atoms with van der Waals surface area (Å²) in [5.41, 5.74) is 1.25. The number of amides is 3. The van der Waals surface area contributed by atoms with Gasteiger partial charge >= 0.3 is 0 Å². The highest BCUT2D eigenvalue weighted by Crippen LogP contribution is 2.18. The molecule has 0 heterocycles. The monoisotopic (exact) mass is 345 g/mol. The molecule has 136 valence electrons. The molecule has 0 aromatic heterocycles. The van der Waals surface area contributed by atoms with E-state index in [1.165, 1.54) is 12.8 Å². The van der Waals surface area contributed by atoms with E-state index in [-0.39, 0.29) is 23.8 Å². The summed E-state index contributed by atoms with van der Waals surface area (Å²) in [6.07, 6.45) is 5.61. The van der Waals surface area contributed by atoms with Crippen molar-refractivity contribution in [3.8, 4) is 0 Å². The zero-order chi connectivity index (χ0) is 18.1. The van der Waals surface area contributed by atoms with Crippen LogP contribution in [-0.4, -0.2) is 30.3 Å². The van der Waals surface area contributed by atoms with Gasteiger partial charge in [0.05, 0.1) is 0 Å². The minimum atomic E-state index is -0.132. The Kier molecular flexibility index (Phi) is 7.44. The number of nitrogens with one attached hydrogen (secondary N) is 3. The lowest BCUT2D eigenvalue weighted by atomic mass is 10.1. The molecule has 0 radical (unpaired) electrons. The highest BCUT2D eigenvalue weighted by molar-refractivity contribution is 5.96. The van der Waals surface area contributed by atoms with E-state index in [4.69, 9.17) is 0 Å². The Balaban J connectivity index is 1.74. The molecular weight excluding hydrogens is 318 g/mol. The average Bonchev–Trinajstić information content (AvgIpc) is 3.08. The van der Waals surface area contributed by atoms with Crippen molar-refractivity contribution in [3.05, 3.63) is 29.8 Å². The topological polar surface area (TPSA) is 87.3 Å². The number of benzene rings is 1. The van der Waals surface area contributed by atoms with Gasteiger partial charge < -0.3 is 16.0 Å². The largest absolute Gasteiger partial charge is 0.356 e. The first-order valence-electron chi connectivity index (χ1n) is 9.06. The van der Waals surface area contributed by atoms with Crippen LogP contribution in [0.1, 0.15) is 62.2 Å². The first kappa shape index (κ1) is 19.0. The van der Waals surface area contributed by atoms with Gasteiger partial charge in [0, 0.05) is 36.7 Å². The van der Waals surface area contributed by atoms with Crippen LogP contribution in [0.2, 0.25) is 0 Å². The third kappa shape index (κ3) is 6.57. The van der Waals surface area contributed by atoms with Gasteiger partial charge in [0.2, 0.25) is 11.8 Å². The maximum Gasteiger partial charge on any atom is 0.251 e. The van der Waals surface area contributed by atoms with E-state index >= 15 is 0 Å². The van der Waals surface area contributed by atoms with Gasteiger partial charge in [-0.25, -0.2) is 0 Å². The van der Waals surface area contributed by atoms with Crippen molar-refractivity contribution in [2.24, 2.45) is 0 Å². The highest BCUT2D eigenvalue weighted by atomic mass is 16.2. The molecule has 1 saturated carbocycles. The quantitative estimate of drug-likeness (QED) is 0.677. The fourth-order valence-corrected chi connectivity index (χ4v) is 2.96. The smallest absolute Gasteiger partial charge is 0.251 e. The Bertz CT molecular complexity index is 592. The van der Waals surface area contributed by atoms with Crippen LogP contribution in [-0.2, 0) is 9.59 Å². The van der Waals surface area contributed by atoms with Crippen LogP contribution in [0.4, 0.5) is 5.69 Å². The van der Waals surface area contributed by atoms with Crippen LogP contribution in [0.5, 0.6) is 0 Å². The Morgan fingerprint density at radius 2 is 1.64 bits per heavy atom. The summed E-state index contributed by atoms with van der Waals surface area (Å²) >= 11 is 0. The van der Waals surface area contributed by atoms with E-state index < -0.39 is 0 Å². The minimum Gasteiger partial charge on any atom is -0.356 e. The summed E-state index contributed by atoms with van der Waals surface area (Å²) < 4.78 is 0. The van der Waals surface area contributed by atoms with Crippen molar-refractivity contribution in [3.63, 3.8) is 0 Å². The standard InChI is InChI=1S/C19H27N3O3/c1-2-20-17(23)8-5-9-18(24)21-16-12-10-14(11-13-16)19(25)22-15-6-3-4-7-15/h10-13,15H,2-9H2,1H3,(H,20,23)(H,21,24)(H,22,25). The van der Waals surface area contributed by atoms with Gasteiger partial charge in [-0.15, -0.1) is 0 Å². The third-order valence-electron chi connectivity index (χ3n) is 4.30. The SMILES string of the molecule is CCNC(=O)CCCC(=O)Nc1ccc(C(=O)NC2CCCC2)cc1. The predicted octanol–water partition coefficient (Wildman–Crippen LogP) is 2.60. The van der Waals surface area contributed by atoms with Crippen LogP contribution in [0, 0.1) is 0 Å². The van der Waals surface area contributed by atoms with Crippen LogP contribution in [0.15, 0.2) is 24.3 Å². The molecular formula is C19H27N3O3. The second kappa shape index (κ2) is 9.81. The van der Waals surface area contributed by atoms with Gasteiger partial charge in [-0.3, -0.25) is 14.4 Å². The lowest BCUT2D eigenvalue weighted by molar-refractivity contribution is -0.121.